The van der Waals surface area contributed by atoms with Gasteiger partial charge in [0.15, 0.2) is 5.82 Å². The number of aromatic nitrogens is 2. The molecule has 0 spiro atoms. The summed E-state index contributed by atoms with van der Waals surface area (Å²) in [5.74, 6) is 0.441. The number of likely N-dealkylation sites (N-methyl/N-ethyl adjacent to an activating group) is 1. The van der Waals surface area contributed by atoms with Crippen molar-refractivity contribution >= 4 is 22.6 Å². The fraction of sp³-hybridized carbons (Fsp3) is 0.562. The molecular formula is C16H23ClFN3. The summed E-state index contributed by atoms with van der Waals surface area (Å²) >= 11 is 6.26. The van der Waals surface area contributed by atoms with Gasteiger partial charge in [0, 0.05) is 12.6 Å². The first-order valence-corrected chi connectivity index (χ1v) is 7.95. The van der Waals surface area contributed by atoms with Crippen LogP contribution in [-0.2, 0) is 0 Å². The Hall–Kier alpha value is -1.13. The van der Waals surface area contributed by atoms with Crippen LogP contribution >= 0.6 is 11.6 Å². The first-order valence-electron chi connectivity index (χ1n) is 7.52. The lowest BCUT2D eigenvalue weighted by Crippen LogP contribution is -2.30. The number of rotatable bonds is 6. The topological polar surface area (TPSA) is 21.1 Å². The first-order chi connectivity index (χ1) is 9.99. The summed E-state index contributed by atoms with van der Waals surface area (Å²) in [6, 6.07) is 5.26. The van der Waals surface area contributed by atoms with Gasteiger partial charge in [-0.05, 0) is 39.1 Å². The average molecular weight is 312 g/mol. The maximum atomic E-state index is 14.0. The largest absolute Gasteiger partial charge is 0.323 e. The van der Waals surface area contributed by atoms with E-state index in [9.17, 15) is 4.39 Å². The minimum atomic E-state index is -0.292. The Morgan fingerprint density at radius 1 is 1.29 bits per heavy atom. The van der Waals surface area contributed by atoms with E-state index >= 15 is 0 Å². The lowest BCUT2D eigenvalue weighted by molar-refractivity contribution is 0.261. The number of para-hydroxylation sites is 1. The molecule has 2 aromatic rings. The van der Waals surface area contributed by atoms with Crippen molar-refractivity contribution in [1.29, 1.82) is 0 Å². The summed E-state index contributed by atoms with van der Waals surface area (Å²) in [6.07, 6.45) is 0. The fourth-order valence-electron chi connectivity index (χ4n) is 2.78. The van der Waals surface area contributed by atoms with Gasteiger partial charge in [-0.25, -0.2) is 9.37 Å². The van der Waals surface area contributed by atoms with E-state index in [0.717, 1.165) is 31.0 Å². The summed E-state index contributed by atoms with van der Waals surface area (Å²) < 4.78 is 16.0. The molecule has 3 nitrogen and oxygen atoms in total. The second-order valence-electron chi connectivity index (χ2n) is 5.40. The lowest BCUT2D eigenvalue weighted by Gasteiger charge is -2.25. The van der Waals surface area contributed by atoms with Crippen molar-refractivity contribution in [3.63, 3.8) is 0 Å². The van der Waals surface area contributed by atoms with Crippen LogP contribution in [0.25, 0.3) is 11.0 Å². The maximum absolute atomic E-state index is 14.0. The van der Waals surface area contributed by atoms with E-state index in [1.54, 1.807) is 6.07 Å². The van der Waals surface area contributed by atoms with Crippen LogP contribution in [0.3, 0.4) is 0 Å². The molecule has 21 heavy (non-hydrogen) atoms. The SMILES string of the molecule is CCN(CC)CC(C)n1c(C(C)Cl)nc2c(F)cccc21. The van der Waals surface area contributed by atoms with Gasteiger partial charge in [-0.3, -0.25) is 0 Å². The fourth-order valence-corrected chi connectivity index (χ4v) is 2.94. The van der Waals surface area contributed by atoms with E-state index in [4.69, 9.17) is 11.6 Å². The number of benzene rings is 1. The molecule has 5 heteroatoms. The molecule has 2 atom stereocenters. The van der Waals surface area contributed by atoms with E-state index in [1.165, 1.54) is 6.07 Å². The number of nitrogens with zero attached hydrogens (tertiary/aromatic N) is 3. The second-order valence-corrected chi connectivity index (χ2v) is 6.05. The maximum Gasteiger partial charge on any atom is 0.151 e. The van der Waals surface area contributed by atoms with Crippen LogP contribution in [0.5, 0.6) is 0 Å². The molecular weight excluding hydrogens is 289 g/mol. The zero-order valence-electron chi connectivity index (χ0n) is 13.1. The van der Waals surface area contributed by atoms with Gasteiger partial charge in [-0.2, -0.15) is 0 Å². The third-order valence-corrected chi connectivity index (χ3v) is 4.11. The molecule has 1 aromatic carbocycles. The zero-order chi connectivity index (χ0) is 15.6. The molecule has 2 unspecified atom stereocenters. The predicted octanol–water partition coefficient (Wildman–Crippen LogP) is 4.38. The van der Waals surface area contributed by atoms with Crippen LogP contribution in [0.2, 0.25) is 0 Å². The third-order valence-electron chi connectivity index (χ3n) is 3.91. The van der Waals surface area contributed by atoms with Gasteiger partial charge in [-0.1, -0.05) is 19.9 Å². The molecule has 0 aliphatic carbocycles. The Morgan fingerprint density at radius 3 is 2.52 bits per heavy atom. The van der Waals surface area contributed by atoms with Gasteiger partial charge in [-0.15, -0.1) is 11.6 Å². The Balaban J connectivity index is 2.50. The molecule has 1 heterocycles. The van der Waals surface area contributed by atoms with Crippen LogP contribution in [0.4, 0.5) is 4.39 Å². The highest BCUT2D eigenvalue weighted by molar-refractivity contribution is 6.20. The molecule has 0 aliphatic heterocycles. The van der Waals surface area contributed by atoms with Crippen molar-refractivity contribution in [2.45, 2.75) is 39.1 Å². The number of imidazole rings is 1. The molecule has 116 valence electrons. The number of halogens is 2. The van der Waals surface area contributed by atoms with Crippen molar-refractivity contribution in [2.24, 2.45) is 0 Å². The summed E-state index contributed by atoms with van der Waals surface area (Å²) in [7, 11) is 0. The van der Waals surface area contributed by atoms with Crippen LogP contribution in [-0.4, -0.2) is 34.1 Å². The Bertz CT molecular complexity index is 605. The quantitative estimate of drug-likeness (QED) is 0.738. The predicted molar refractivity (Wildman–Crippen MR) is 86.5 cm³/mol. The van der Waals surface area contributed by atoms with E-state index in [2.05, 4.69) is 35.2 Å². The highest BCUT2D eigenvalue weighted by Crippen LogP contribution is 2.29. The number of fused-ring (bicyclic) bond motifs is 1. The van der Waals surface area contributed by atoms with Crippen molar-refractivity contribution in [3.8, 4) is 0 Å². The summed E-state index contributed by atoms with van der Waals surface area (Å²) in [5.41, 5.74) is 1.23. The van der Waals surface area contributed by atoms with Gasteiger partial charge >= 0.3 is 0 Å². The van der Waals surface area contributed by atoms with Gasteiger partial charge in [0.05, 0.1) is 10.9 Å². The molecule has 0 N–H and O–H groups in total. The zero-order valence-corrected chi connectivity index (χ0v) is 13.9. The lowest BCUT2D eigenvalue weighted by atomic mass is 10.2. The highest BCUT2D eigenvalue weighted by Gasteiger charge is 2.21. The minimum Gasteiger partial charge on any atom is -0.323 e. The number of hydrogen-bond donors (Lipinski definition) is 0. The molecule has 0 saturated heterocycles. The molecule has 2 rings (SSSR count). The van der Waals surface area contributed by atoms with Crippen LogP contribution < -0.4 is 0 Å². The standard InChI is InChI=1S/C16H23ClFN3/c1-5-20(6-2)10-11(3)21-14-9-7-8-13(18)15(14)19-16(21)12(4)17/h7-9,11-12H,5-6,10H2,1-4H3. The molecule has 0 bridgehead atoms. The molecule has 0 saturated carbocycles. The summed E-state index contributed by atoms with van der Waals surface area (Å²) in [4.78, 5) is 6.77. The van der Waals surface area contributed by atoms with Crippen LogP contribution in [0.1, 0.15) is 44.9 Å². The van der Waals surface area contributed by atoms with Gasteiger partial charge < -0.3 is 9.47 Å². The smallest absolute Gasteiger partial charge is 0.151 e. The molecule has 0 radical (unpaired) electrons. The normalized spacial score (nSPS) is 14.8. The van der Waals surface area contributed by atoms with Crippen LogP contribution in [0, 0.1) is 5.82 Å². The van der Waals surface area contributed by atoms with E-state index in [-0.39, 0.29) is 17.2 Å². The van der Waals surface area contributed by atoms with Crippen molar-refractivity contribution in [3.05, 3.63) is 29.8 Å². The minimum absolute atomic E-state index is 0.188. The van der Waals surface area contributed by atoms with Gasteiger partial charge in [0.2, 0.25) is 0 Å². The van der Waals surface area contributed by atoms with Crippen molar-refractivity contribution in [1.82, 2.24) is 14.5 Å². The monoisotopic (exact) mass is 311 g/mol. The van der Waals surface area contributed by atoms with E-state index < -0.39 is 0 Å². The molecule has 0 aliphatic rings. The molecule has 0 amide bonds. The second kappa shape index (κ2) is 6.75. The average Bonchev–Trinajstić information content (AvgIpc) is 2.85. The summed E-state index contributed by atoms with van der Waals surface area (Å²) in [5, 5.41) is -0.254. The third kappa shape index (κ3) is 3.22. The molecule has 0 fully saturated rings. The molecule has 1 aromatic heterocycles. The van der Waals surface area contributed by atoms with Gasteiger partial charge in [0.1, 0.15) is 11.3 Å². The van der Waals surface area contributed by atoms with Crippen LogP contribution in [0.15, 0.2) is 18.2 Å². The summed E-state index contributed by atoms with van der Waals surface area (Å²) in [6.45, 7) is 11.2. The first kappa shape index (κ1) is 16.2. The van der Waals surface area contributed by atoms with E-state index in [1.807, 2.05) is 13.0 Å². The van der Waals surface area contributed by atoms with E-state index in [0.29, 0.717) is 5.52 Å². The Labute approximate surface area is 130 Å². The van der Waals surface area contributed by atoms with Crippen molar-refractivity contribution in [2.75, 3.05) is 19.6 Å². The Kier molecular flexibility index (Phi) is 5.22. The van der Waals surface area contributed by atoms with Crippen molar-refractivity contribution < 1.29 is 4.39 Å². The Morgan fingerprint density at radius 2 is 1.95 bits per heavy atom. The van der Waals surface area contributed by atoms with Gasteiger partial charge in [0.25, 0.3) is 0 Å². The number of hydrogen-bond acceptors (Lipinski definition) is 2. The number of alkyl halides is 1. The highest BCUT2D eigenvalue weighted by atomic mass is 35.5.